The van der Waals surface area contributed by atoms with Crippen LogP contribution in [0, 0.1) is 0 Å². The quantitative estimate of drug-likeness (QED) is 0.602. The van der Waals surface area contributed by atoms with Crippen molar-refractivity contribution >= 4 is 0 Å². The fourth-order valence-electron chi connectivity index (χ4n) is 2.16. The Morgan fingerprint density at radius 2 is 2.22 bits per heavy atom. The highest BCUT2D eigenvalue weighted by Gasteiger charge is 2.19. The molecule has 108 valence electrons. The normalized spacial score (nSPS) is 21.3. The minimum absolute atomic E-state index is 0.273. The molecule has 0 spiro atoms. The van der Waals surface area contributed by atoms with Crippen LogP contribution in [-0.2, 0) is 9.47 Å². The molecule has 1 atom stereocenters. The Morgan fingerprint density at radius 1 is 1.33 bits per heavy atom. The van der Waals surface area contributed by atoms with Crippen molar-refractivity contribution in [2.45, 2.75) is 39.2 Å². The zero-order chi connectivity index (χ0) is 13.1. The van der Waals surface area contributed by atoms with Gasteiger partial charge in [-0.25, -0.2) is 0 Å². The van der Waals surface area contributed by atoms with Crippen LogP contribution in [0.25, 0.3) is 0 Å². The zero-order valence-corrected chi connectivity index (χ0v) is 12.1. The summed E-state index contributed by atoms with van der Waals surface area (Å²) in [6, 6.07) is 0. The number of hydrogen-bond acceptors (Lipinski definition) is 4. The van der Waals surface area contributed by atoms with Gasteiger partial charge in [0.1, 0.15) is 0 Å². The Labute approximate surface area is 112 Å². The Hall–Kier alpha value is -0.160. The van der Waals surface area contributed by atoms with Crippen molar-refractivity contribution in [2.24, 2.45) is 0 Å². The van der Waals surface area contributed by atoms with E-state index in [1.807, 2.05) is 0 Å². The largest absolute Gasteiger partial charge is 0.379 e. The lowest BCUT2D eigenvalue weighted by Gasteiger charge is -2.32. The summed E-state index contributed by atoms with van der Waals surface area (Å²) in [6.45, 7) is 12.2. The summed E-state index contributed by atoms with van der Waals surface area (Å²) in [4.78, 5) is 2.50. The van der Waals surface area contributed by atoms with Gasteiger partial charge < -0.3 is 14.8 Å². The van der Waals surface area contributed by atoms with Crippen molar-refractivity contribution in [3.63, 3.8) is 0 Å². The van der Waals surface area contributed by atoms with E-state index in [1.54, 1.807) is 0 Å². The third-order valence-electron chi connectivity index (χ3n) is 3.25. The van der Waals surface area contributed by atoms with Crippen molar-refractivity contribution < 1.29 is 9.47 Å². The maximum Gasteiger partial charge on any atom is 0.0935 e. The number of ether oxygens (including phenoxy) is 2. The smallest absolute Gasteiger partial charge is 0.0935 e. The van der Waals surface area contributed by atoms with Crippen molar-refractivity contribution in [1.82, 2.24) is 10.2 Å². The van der Waals surface area contributed by atoms with Gasteiger partial charge in [-0.3, -0.25) is 4.90 Å². The summed E-state index contributed by atoms with van der Waals surface area (Å²) < 4.78 is 11.4. The van der Waals surface area contributed by atoms with Crippen molar-refractivity contribution in [1.29, 1.82) is 0 Å². The van der Waals surface area contributed by atoms with Crippen LogP contribution in [0.1, 0.15) is 33.1 Å². The molecular weight excluding hydrogens is 228 g/mol. The maximum absolute atomic E-state index is 5.73. The molecule has 1 aliphatic heterocycles. The molecule has 0 saturated carbocycles. The second-order valence-electron chi connectivity index (χ2n) is 4.93. The van der Waals surface area contributed by atoms with Crippen LogP contribution in [-0.4, -0.2) is 63.5 Å². The van der Waals surface area contributed by atoms with E-state index in [1.165, 1.54) is 19.4 Å². The first-order valence-electron chi connectivity index (χ1n) is 7.49. The Kier molecular flexibility index (Phi) is 9.48. The molecule has 1 heterocycles. The second-order valence-corrected chi connectivity index (χ2v) is 4.93. The first-order chi connectivity index (χ1) is 8.86. The van der Waals surface area contributed by atoms with Crippen LogP contribution in [0.4, 0.5) is 0 Å². The summed E-state index contributed by atoms with van der Waals surface area (Å²) in [7, 11) is 0. The van der Waals surface area contributed by atoms with E-state index in [0.29, 0.717) is 0 Å². The van der Waals surface area contributed by atoms with E-state index in [0.717, 1.165) is 52.4 Å². The minimum Gasteiger partial charge on any atom is -0.379 e. The molecule has 0 aromatic rings. The SMILES string of the molecule is CCCCN1CCOC(COCCCNCC)C1. The van der Waals surface area contributed by atoms with Gasteiger partial charge in [-0.15, -0.1) is 0 Å². The molecule has 1 rings (SSSR count). The van der Waals surface area contributed by atoms with Crippen LogP contribution < -0.4 is 5.32 Å². The van der Waals surface area contributed by atoms with Gasteiger partial charge in [-0.1, -0.05) is 20.3 Å². The maximum atomic E-state index is 5.73. The predicted molar refractivity (Wildman–Crippen MR) is 75.1 cm³/mol. The van der Waals surface area contributed by atoms with Gasteiger partial charge in [-0.05, 0) is 32.5 Å². The first-order valence-corrected chi connectivity index (χ1v) is 7.49. The van der Waals surface area contributed by atoms with E-state index in [9.17, 15) is 0 Å². The number of unbranched alkanes of at least 4 members (excludes halogenated alkanes) is 1. The van der Waals surface area contributed by atoms with Crippen LogP contribution in [0.15, 0.2) is 0 Å². The van der Waals surface area contributed by atoms with Gasteiger partial charge in [0, 0.05) is 19.7 Å². The van der Waals surface area contributed by atoms with Crippen molar-refractivity contribution in [3.8, 4) is 0 Å². The molecule has 0 amide bonds. The van der Waals surface area contributed by atoms with Crippen LogP contribution in [0.2, 0.25) is 0 Å². The number of rotatable bonds is 10. The molecule has 1 saturated heterocycles. The molecule has 0 bridgehead atoms. The highest BCUT2D eigenvalue weighted by molar-refractivity contribution is 4.71. The molecule has 0 aromatic heterocycles. The highest BCUT2D eigenvalue weighted by atomic mass is 16.5. The second kappa shape index (κ2) is 10.7. The first kappa shape index (κ1) is 15.9. The van der Waals surface area contributed by atoms with Crippen LogP contribution >= 0.6 is 0 Å². The molecule has 4 nitrogen and oxygen atoms in total. The Morgan fingerprint density at radius 3 is 3.00 bits per heavy atom. The van der Waals surface area contributed by atoms with Gasteiger partial charge in [0.05, 0.1) is 19.3 Å². The minimum atomic E-state index is 0.273. The average molecular weight is 258 g/mol. The number of hydrogen-bond donors (Lipinski definition) is 1. The average Bonchev–Trinajstić information content (AvgIpc) is 2.41. The topological polar surface area (TPSA) is 33.7 Å². The van der Waals surface area contributed by atoms with E-state index in [-0.39, 0.29) is 6.10 Å². The zero-order valence-electron chi connectivity index (χ0n) is 12.1. The van der Waals surface area contributed by atoms with E-state index in [4.69, 9.17) is 9.47 Å². The van der Waals surface area contributed by atoms with Crippen molar-refractivity contribution in [2.75, 3.05) is 52.5 Å². The lowest BCUT2D eigenvalue weighted by molar-refractivity contribution is -0.0693. The van der Waals surface area contributed by atoms with E-state index in [2.05, 4.69) is 24.1 Å². The molecule has 0 aromatic carbocycles. The molecular formula is C14H30N2O2. The standard InChI is InChI=1S/C14H30N2O2/c1-3-5-8-16-9-11-18-14(12-16)13-17-10-6-7-15-4-2/h14-15H,3-13H2,1-2H3. The molecule has 4 heteroatoms. The lowest BCUT2D eigenvalue weighted by atomic mass is 10.2. The summed E-state index contributed by atoms with van der Waals surface area (Å²) in [5.41, 5.74) is 0. The number of morpholine rings is 1. The monoisotopic (exact) mass is 258 g/mol. The molecule has 18 heavy (non-hydrogen) atoms. The van der Waals surface area contributed by atoms with Gasteiger partial charge in [0.15, 0.2) is 0 Å². The summed E-state index contributed by atoms with van der Waals surface area (Å²) in [5.74, 6) is 0. The van der Waals surface area contributed by atoms with E-state index >= 15 is 0 Å². The molecule has 1 aliphatic rings. The third-order valence-corrected chi connectivity index (χ3v) is 3.25. The molecule has 1 fully saturated rings. The van der Waals surface area contributed by atoms with Gasteiger partial charge in [0.2, 0.25) is 0 Å². The summed E-state index contributed by atoms with van der Waals surface area (Å²) in [5, 5.41) is 3.30. The van der Waals surface area contributed by atoms with Gasteiger partial charge in [-0.2, -0.15) is 0 Å². The molecule has 0 radical (unpaired) electrons. The molecule has 0 aliphatic carbocycles. The summed E-state index contributed by atoms with van der Waals surface area (Å²) in [6.07, 6.45) is 3.91. The third kappa shape index (κ3) is 7.31. The Bertz CT molecular complexity index is 191. The predicted octanol–water partition coefficient (Wildman–Crippen LogP) is 1.50. The van der Waals surface area contributed by atoms with Crippen molar-refractivity contribution in [3.05, 3.63) is 0 Å². The molecule has 1 unspecified atom stereocenters. The summed E-state index contributed by atoms with van der Waals surface area (Å²) >= 11 is 0. The Balaban J connectivity index is 2.00. The fraction of sp³-hybridized carbons (Fsp3) is 1.00. The van der Waals surface area contributed by atoms with E-state index < -0.39 is 0 Å². The lowest BCUT2D eigenvalue weighted by Crippen LogP contribution is -2.44. The van der Waals surface area contributed by atoms with Gasteiger partial charge in [0.25, 0.3) is 0 Å². The molecule has 1 N–H and O–H groups in total. The van der Waals surface area contributed by atoms with Crippen LogP contribution in [0.3, 0.4) is 0 Å². The van der Waals surface area contributed by atoms with Crippen LogP contribution in [0.5, 0.6) is 0 Å². The number of nitrogens with zero attached hydrogens (tertiary/aromatic N) is 1. The van der Waals surface area contributed by atoms with Gasteiger partial charge >= 0.3 is 0 Å². The fourth-order valence-corrected chi connectivity index (χ4v) is 2.16. The highest BCUT2D eigenvalue weighted by Crippen LogP contribution is 2.07. The number of nitrogens with one attached hydrogen (secondary N) is 1.